The third-order valence-corrected chi connectivity index (χ3v) is 4.97. The lowest BCUT2D eigenvalue weighted by molar-refractivity contribution is -0.385. The van der Waals surface area contributed by atoms with Crippen LogP contribution in [0.5, 0.6) is 11.5 Å². The average molecular weight is 422 g/mol. The summed E-state index contributed by atoms with van der Waals surface area (Å²) in [6.07, 6.45) is 3.52. The minimum Gasteiger partial charge on any atom is -0.493 e. The molecule has 0 saturated heterocycles. The molecule has 31 heavy (non-hydrogen) atoms. The van der Waals surface area contributed by atoms with Gasteiger partial charge in [-0.3, -0.25) is 20.0 Å². The highest BCUT2D eigenvalue weighted by Gasteiger charge is 2.22. The number of pyridine rings is 1. The van der Waals surface area contributed by atoms with Gasteiger partial charge in [-0.05, 0) is 28.8 Å². The van der Waals surface area contributed by atoms with Gasteiger partial charge in [-0.2, -0.15) is 0 Å². The van der Waals surface area contributed by atoms with Gasteiger partial charge >= 0.3 is 0 Å². The molecule has 162 valence electrons. The topological polar surface area (TPSA) is 104 Å². The number of nitrogens with two attached hydrogens (primary N) is 1. The van der Waals surface area contributed by atoms with Crippen LogP contribution in [0.1, 0.15) is 22.3 Å². The highest BCUT2D eigenvalue weighted by atomic mass is 16.6. The monoisotopic (exact) mass is 422 g/mol. The minimum absolute atomic E-state index is 0.00711. The number of rotatable bonds is 10. The summed E-state index contributed by atoms with van der Waals surface area (Å²) in [7, 11) is 2.97. The number of nitrogens with zero attached hydrogens (tertiary/aromatic N) is 3. The molecule has 0 atom stereocenters. The molecule has 0 fully saturated rings. The number of hydrogen-bond acceptors (Lipinski definition) is 7. The molecule has 0 unspecified atom stereocenters. The van der Waals surface area contributed by atoms with Crippen LogP contribution in [0.4, 0.5) is 5.69 Å². The summed E-state index contributed by atoms with van der Waals surface area (Å²) in [5.74, 6) is 0.783. The lowest BCUT2D eigenvalue weighted by Gasteiger charge is -2.23. The molecule has 0 aliphatic rings. The third kappa shape index (κ3) is 5.78. The second-order valence-electron chi connectivity index (χ2n) is 7.12. The summed E-state index contributed by atoms with van der Waals surface area (Å²) in [5, 5.41) is 11.7. The first kappa shape index (κ1) is 22.2. The van der Waals surface area contributed by atoms with Crippen molar-refractivity contribution < 1.29 is 14.4 Å². The Labute approximate surface area is 181 Å². The van der Waals surface area contributed by atoms with E-state index in [9.17, 15) is 10.1 Å². The van der Waals surface area contributed by atoms with E-state index in [1.807, 2.05) is 36.4 Å². The molecule has 3 aromatic rings. The van der Waals surface area contributed by atoms with Crippen molar-refractivity contribution in [2.45, 2.75) is 26.2 Å². The maximum absolute atomic E-state index is 11.7. The van der Waals surface area contributed by atoms with Crippen LogP contribution in [0.3, 0.4) is 0 Å². The molecule has 0 aliphatic heterocycles. The van der Waals surface area contributed by atoms with Crippen LogP contribution in [0.25, 0.3) is 0 Å². The van der Waals surface area contributed by atoms with Crippen LogP contribution >= 0.6 is 0 Å². The largest absolute Gasteiger partial charge is 0.493 e. The van der Waals surface area contributed by atoms with E-state index in [0.29, 0.717) is 43.2 Å². The first-order valence-corrected chi connectivity index (χ1v) is 9.82. The molecule has 0 spiro atoms. The zero-order valence-corrected chi connectivity index (χ0v) is 17.7. The van der Waals surface area contributed by atoms with E-state index in [0.717, 1.165) is 16.7 Å². The highest BCUT2D eigenvalue weighted by molar-refractivity contribution is 5.54. The zero-order valence-electron chi connectivity index (χ0n) is 17.7. The predicted molar refractivity (Wildman–Crippen MR) is 118 cm³/mol. The quantitative estimate of drug-likeness (QED) is 0.393. The zero-order chi connectivity index (χ0) is 22.2. The van der Waals surface area contributed by atoms with Crippen molar-refractivity contribution in [2.24, 2.45) is 5.73 Å². The van der Waals surface area contributed by atoms with Gasteiger partial charge in [0.15, 0.2) is 11.5 Å². The van der Waals surface area contributed by atoms with Gasteiger partial charge in [-0.25, -0.2) is 0 Å². The van der Waals surface area contributed by atoms with Gasteiger partial charge in [0.1, 0.15) is 0 Å². The van der Waals surface area contributed by atoms with E-state index in [1.54, 1.807) is 18.5 Å². The van der Waals surface area contributed by atoms with Crippen molar-refractivity contribution in [1.82, 2.24) is 9.88 Å². The molecule has 1 aromatic heterocycles. The van der Waals surface area contributed by atoms with Crippen LogP contribution in [-0.4, -0.2) is 29.0 Å². The minimum atomic E-state index is -0.393. The molecule has 2 aromatic carbocycles. The molecular weight excluding hydrogens is 396 g/mol. The van der Waals surface area contributed by atoms with Crippen molar-refractivity contribution in [3.05, 3.63) is 93.3 Å². The normalized spacial score (nSPS) is 10.8. The summed E-state index contributed by atoms with van der Waals surface area (Å²) >= 11 is 0. The van der Waals surface area contributed by atoms with Crippen molar-refractivity contribution >= 4 is 5.69 Å². The highest BCUT2D eigenvalue weighted by Crippen LogP contribution is 2.35. The van der Waals surface area contributed by atoms with E-state index in [-0.39, 0.29) is 5.69 Å². The maximum atomic E-state index is 11.7. The number of benzene rings is 2. The van der Waals surface area contributed by atoms with E-state index < -0.39 is 4.92 Å². The molecule has 3 rings (SSSR count). The van der Waals surface area contributed by atoms with Crippen molar-refractivity contribution in [3.8, 4) is 11.5 Å². The van der Waals surface area contributed by atoms with E-state index in [1.165, 1.54) is 20.3 Å². The molecule has 0 saturated carbocycles. The van der Waals surface area contributed by atoms with Crippen LogP contribution in [-0.2, 0) is 26.2 Å². The SMILES string of the molecule is COc1cc(CN(Cc2ccc(CN)cc2)Cc2cccnc2)c([N+](=O)[O-])cc1OC. The second-order valence-corrected chi connectivity index (χ2v) is 7.12. The van der Waals surface area contributed by atoms with Crippen molar-refractivity contribution in [3.63, 3.8) is 0 Å². The summed E-state index contributed by atoms with van der Waals surface area (Å²) in [5.41, 5.74) is 9.40. The van der Waals surface area contributed by atoms with Gasteiger partial charge in [-0.1, -0.05) is 30.3 Å². The summed E-state index contributed by atoms with van der Waals surface area (Å²) in [6.45, 7) is 2.02. The summed E-state index contributed by atoms with van der Waals surface area (Å²) < 4.78 is 10.6. The molecule has 8 heteroatoms. The van der Waals surface area contributed by atoms with Gasteiger partial charge in [0, 0.05) is 44.1 Å². The molecule has 0 bridgehead atoms. The van der Waals surface area contributed by atoms with E-state index >= 15 is 0 Å². The third-order valence-electron chi connectivity index (χ3n) is 4.97. The molecule has 0 radical (unpaired) electrons. The summed E-state index contributed by atoms with van der Waals surface area (Å²) in [4.78, 5) is 17.6. The van der Waals surface area contributed by atoms with Crippen molar-refractivity contribution in [1.29, 1.82) is 0 Å². The molecule has 2 N–H and O–H groups in total. The molecule has 0 aliphatic carbocycles. The first-order chi connectivity index (χ1) is 15.0. The van der Waals surface area contributed by atoms with Crippen LogP contribution < -0.4 is 15.2 Å². The van der Waals surface area contributed by atoms with Gasteiger partial charge in [0.25, 0.3) is 5.69 Å². The van der Waals surface area contributed by atoms with Crippen LogP contribution in [0.15, 0.2) is 60.9 Å². The Morgan fingerprint density at radius 1 is 0.968 bits per heavy atom. The second kappa shape index (κ2) is 10.5. The number of nitro benzene ring substituents is 1. The average Bonchev–Trinajstić information content (AvgIpc) is 2.79. The maximum Gasteiger partial charge on any atom is 0.277 e. The van der Waals surface area contributed by atoms with Crippen LogP contribution in [0.2, 0.25) is 0 Å². The van der Waals surface area contributed by atoms with Crippen molar-refractivity contribution in [2.75, 3.05) is 14.2 Å². The van der Waals surface area contributed by atoms with Gasteiger partial charge < -0.3 is 15.2 Å². The fourth-order valence-corrected chi connectivity index (χ4v) is 3.40. The Morgan fingerprint density at radius 3 is 2.19 bits per heavy atom. The van der Waals surface area contributed by atoms with E-state index in [4.69, 9.17) is 15.2 Å². The Bertz CT molecular complexity index is 1010. The molecule has 8 nitrogen and oxygen atoms in total. The van der Waals surface area contributed by atoms with Crippen LogP contribution in [0, 0.1) is 10.1 Å². The van der Waals surface area contributed by atoms with Gasteiger partial charge in [0.05, 0.1) is 25.2 Å². The lowest BCUT2D eigenvalue weighted by Crippen LogP contribution is -2.23. The van der Waals surface area contributed by atoms with E-state index in [2.05, 4.69) is 9.88 Å². The Balaban J connectivity index is 1.94. The number of methoxy groups -OCH3 is 2. The summed E-state index contributed by atoms with van der Waals surface area (Å²) in [6, 6.07) is 15.0. The number of ether oxygens (including phenoxy) is 2. The number of nitro groups is 1. The number of aromatic nitrogens is 1. The fourth-order valence-electron chi connectivity index (χ4n) is 3.40. The lowest BCUT2D eigenvalue weighted by atomic mass is 10.1. The Kier molecular flexibility index (Phi) is 7.53. The fraction of sp³-hybridized carbons (Fsp3) is 0.261. The first-order valence-electron chi connectivity index (χ1n) is 9.82. The Hall–Kier alpha value is -3.49. The van der Waals surface area contributed by atoms with Gasteiger partial charge in [-0.15, -0.1) is 0 Å². The standard InChI is InChI=1S/C23H26N4O4/c1-30-22-10-20(21(27(28)29)11-23(22)31-2)16-26(15-19-4-3-9-25-13-19)14-18-7-5-17(12-24)6-8-18/h3-11,13H,12,14-16,24H2,1-2H3. The predicted octanol–water partition coefficient (Wildman–Crippen LogP) is 3.67. The number of hydrogen-bond donors (Lipinski definition) is 1. The smallest absolute Gasteiger partial charge is 0.277 e. The van der Waals surface area contributed by atoms with Gasteiger partial charge in [0.2, 0.25) is 0 Å². The molecule has 0 amide bonds. The Morgan fingerprint density at radius 2 is 1.61 bits per heavy atom. The molecule has 1 heterocycles. The molecular formula is C23H26N4O4.